The Balaban J connectivity index is 1.76. The van der Waals surface area contributed by atoms with Gasteiger partial charge < -0.3 is 10.1 Å². The van der Waals surface area contributed by atoms with Gasteiger partial charge >= 0.3 is 0 Å². The molecule has 0 spiro atoms. The Morgan fingerprint density at radius 1 is 1.33 bits per heavy atom. The standard InChI is InChI=1S/C18H25NOS/c1-2-10-19-16(17-8-5-6-11-20-17)12-14-13-21-18-9-4-3-7-15(14)18/h3-4,7,9,13,16-17,19H,2,5-6,8,10-12H2,1H3. The number of nitrogens with one attached hydrogen (secondary N) is 1. The zero-order valence-corrected chi connectivity index (χ0v) is 13.6. The first kappa shape index (κ1) is 15.0. The van der Waals surface area contributed by atoms with Crippen LogP contribution in [0, 0.1) is 0 Å². The summed E-state index contributed by atoms with van der Waals surface area (Å²) < 4.78 is 7.43. The largest absolute Gasteiger partial charge is 0.377 e. The third-order valence-electron chi connectivity index (χ3n) is 4.32. The van der Waals surface area contributed by atoms with E-state index >= 15 is 0 Å². The van der Waals surface area contributed by atoms with Crippen molar-refractivity contribution in [1.82, 2.24) is 5.32 Å². The fourth-order valence-corrected chi connectivity index (χ4v) is 4.15. The lowest BCUT2D eigenvalue weighted by Gasteiger charge is -2.31. The van der Waals surface area contributed by atoms with E-state index < -0.39 is 0 Å². The molecule has 2 aromatic rings. The fraction of sp³-hybridized carbons (Fsp3) is 0.556. The topological polar surface area (TPSA) is 21.3 Å². The molecule has 0 radical (unpaired) electrons. The monoisotopic (exact) mass is 303 g/mol. The van der Waals surface area contributed by atoms with Gasteiger partial charge in [0, 0.05) is 17.3 Å². The van der Waals surface area contributed by atoms with E-state index in [9.17, 15) is 0 Å². The third kappa shape index (κ3) is 3.65. The van der Waals surface area contributed by atoms with Gasteiger partial charge in [-0.05, 0) is 61.0 Å². The van der Waals surface area contributed by atoms with Crippen LogP contribution < -0.4 is 5.32 Å². The van der Waals surface area contributed by atoms with Gasteiger partial charge in [0.05, 0.1) is 6.10 Å². The van der Waals surface area contributed by atoms with E-state index in [1.807, 2.05) is 11.3 Å². The van der Waals surface area contributed by atoms with E-state index in [1.54, 1.807) is 0 Å². The van der Waals surface area contributed by atoms with Gasteiger partial charge in [-0.2, -0.15) is 0 Å². The number of benzene rings is 1. The van der Waals surface area contributed by atoms with Crippen LogP contribution in [-0.2, 0) is 11.2 Å². The highest BCUT2D eigenvalue weighted by Gasteiger charge is 2.25. The van der Waals surface area contributed by atoms with Gasteiger partial charge in [0.2, 0.25) is 0 Å². The molecule has 2 nitrogen and oxygen atoms in total. The molecule has 1 aliphatic heterocycles. The van der Waals surface area contributed by atoms with Gasteiger partial charge in [-0.25, -0.2) is 0 Å². The lowest BCUT2D eigenvalue weighted by atomic mass is 9.95. The molecule has 2 atom stereocenters. The predicted octanol–water partition coefficient (Wildman–Crippen LogP) is 4.38. The first-order chi connectivity index (χ1) is 10.4. The zero-order chi connectivity index (χ0) is 14.5. The van der Waals surface area contributed by atoms with Crippen molar-refractivity contribution in [2.45, 2.75) is 51.2 Å². The number of rotatable bonds is 6. The van der Waals surface area contributed by atoms with Gasteiger partial charge in [-0.1, -0.05) is 25.1 Å². The van der Waals surface area contributed by atoms with E-state index in [2.05, 4.69) is 41.9 Å². The molecule has 1 aliphatic rings. The second-order valence-corrected chi connectivity index (χ2v) is 6.84. The highest BCUT2D eigenvalue weighted by Crippen LogP contribution is 2.28. The van der Waals surface area contributed by atoms with Crippen molar-refractivity contribution in [2.75, 3.05) is 13.2 Å². The maximum absolute atomic E-state index is 6.04. The highest BCUT2D eigenvalue weighted by atomic mass is 32.1. The van der Waals surface area contributed by atoms with Crippen molar-refractivity contribution in [1.29, 1.82) is 0 Å². The summed E-state index contributed by atoms with van der Waals surface area (Å²) >= 11 is 1.86. The average molecular weight is 303 g/mol. The number of fused-ring (bicyclic) bond motifs is 1. The summed E-state index contributed by atoms with van der Waals surface area (Å²) in [6.07, 6.45) is 6.35. The fourth-order valence-electron chi connectivity index (χ4n) is 3.18. The van der Waals surface area contributed by atoms with Crippen LogP contribution in [0.2, 0.25) is 0 Å². The average Bonchev–Trinajstić information content (AvgIpc) is 2.95. The smallest absolute Gasteiger partial charge is 0.0731 e. The third-order valence-corrected chi connectivity index (χ3v) is 5.33. The Morgan fingerprint density at radius 3 is 3.05 bits per heavy atom. The lowest BCUT2D eigenvalue weighted by Crippen LogP contribution is -2.44. The minimum atomic E-state index is 0.379. The molecule has 1 fully saturated rings. The maximum Gasteiger partial charge on any atom is 0.0731 e. The van der Waals surface area contributed by atoms with Gasteiger partial charge in [-0.15, -0.1) is 11.3 Å². The second kappa shape index (κ2) is 7.39. The molecular weight excluding hydrogens is 278 g/mol. The molecular formula is C18H25NOS. The van der Waals surface area contributed by atoms with Crippen molar-refractivity contribution in [2.24, 2.45) is 0 Å². The molecule has 3 rings (SSSR count). The van der Waals surface area contributed by atoms with Crippen LogP contribution in [-0.4, -0.2) is 25.3 Å². The normalized spacial score (nSPS) is 20.7. The van der Waals surface area contributed by atoms with Gasteiger partial charge in [0.25, 0.3) is 0 Å². The Hall–Kier alpha value is -0.900. The van der Waals surface area contributed by atoms with E-state index in [1.165, 1.54) is 41.3 Å². The second-order valence-electron chi connectivity index (χ2n) is 5.93. The Labute approximate surface area is 131 Å². The first-order valence-electron chi connectivity index (χ1n) is 8.18. The van der Waals surface area contributed by atoms with E-state index in [-0.39, 0.29) is 0 Å². The highest BCUT2D eigenvalue weighted by molar-refractivity contribution is 7.17. The molecule has 1 aromatic carbocycles. The van der Waals surface area contributed by atoms with E-state index in [4.69, 9.17) is 4.74 Å². The molecule has 21 heavy (non-hydrogen) atoms. The summed E-state index contributed by atoms with van der Waals surface area (Å²) in [6.45, 7) is 4.23. The molecule has 1 aromatic heterocycles. The molecule has 1 N–H and O–H groups in total. The summed E-state index contributed by atoms with van der Waals surface area (Å²) in [5, 5.41) is 7.47. The molecule has 1 saturated heterocycles. The van der Waals surface area contributed by atoms with Crippen LogP contribution in [0.5, 0.6) is 0 Å². The molecule has 3 heteroatoms. The van der Waals surface area contributed by atoms with Gasteiger partial charge in [-0.3, -0.25) is 0 Å². The number of thiophene rings is 1. The van der Waals surface area contributed by atoms with Crippen molar-refractivity contribution >= 4 is 21.4 Å². The van der Waals surface area contributed by atoms with E-state index in [0.717, 1.165) is 19.6 Å². The Kier molecular flexibility index (Phi) is 5.28. The number of hydrogen-bond donors (Lipinski definition) is 1. The predicted molar refractivity (Wildman–Crippen MR) is 91.2 cm³/mol. The SMILES string of the molecule is CCCNC(Cc1csc2ccccc12)C1CCCCO1. The molecule has 0 amide bonds. The van der Waals surface area contributed by atoms with Crippen LogP contribution in [0.25, 0.3) is 10.1 Å². The van der Waals surface area contributed by atoms with Crippen LogP contribution in [0.1, 0.15) is 38.2 Å². The van der Waals surface area contributed by atoms with Crippen LogP contribution in [0.4, 0.5) is 0 Å². The Bertz CT molecular complexity index is 559. The summed E-state index contributed by atoms with van der Waals surface area (Å²) in [5.74, 6) is 0. The lowest BCUT2D eigenvalue weighted by molar-refractivity contribution is -0.00729. The summed E-state index contributed by atoms with van der Waals surface area (Å²) in [6, 6.07) is 9.18. The van der Waals surface area contributed by atoms with Crippen molar-refractivity contribution in [3.05, 3.63) is 35.2 Å². The van der Waals surface area contributed by atoms with Crippen molar-refractivity contribution in [3.63, 3.8) is 0 Å². The van der Waals surface area contributed by atoms with Gasteiger partial charge in [0.1, 0.15) is 0 Å². The maximum atomic E-state index is 6.04. The van der Waals surface area contributed by atoms with Crippen LogP contribution in [0.15, 0.2) is 29.6 Å². The van der Waals surface area contributed by atoms with Gasteiger partial charge in [0.15, 0.2) is 0 Å². The van der Waals surface area contributed by atoms with E-state index in [0.29, 0.717) is 12.1 Å². The molecule has 0 bridgehead atoms. The number of ether oxygens (including phenoxy) is 1. The molecule has 114 valence electrons. The molecule has 2 heterocycles. The molecule has 0 saturated carbocycles. The van der Waals surface area contributed by atoms with Crippen molar-refractivity contribution in [3.8, 4) is 0 Å². The minimum Gasteiger partial charge on any atom is -0.377 e. The van der Waals surface area contributed by atoms with Crippen molar-refractivity contribution < 1.29 is 4.74 Å². The summed E-state index contributed by atoms with van der Waals surface area (Å²) in [7, 11) is 0. The minimum absolute atomic E-state index is 0.379. The molecule has 0 aliphatic carbocycles. The summed E-state index contributed by atoms with van der Waals surface area (Å²) in [4.78, 5) is 0. The first-order valence-corrected chi connectivity index (χ1v) is 9.06. The molecule has 2 unspecified atom stereocenters. The number of hydrogen-bond acceptors (Lipinski definition) is 3. The van der Waals surface area contributed by atoms with Crippen LogP contribution in [0.3, 0.4) is 0 Å². The zero-order valence-electron chi connectivity index (χ0n) is 12.8. The van der Waals surface area contributed by atoms with Crippen LogP contribution >= 0.6 is 11.3 Å². The summed E-state index contributed by atoms with van der Waals surface area (Å²) in [5.41, 5.74) is 1.47. The quantitative estimate of drug-likeness (QED) is 0.855. The Morgan fingerprint density at radius 2 is 2.24 bits per heavy atom.